The molecule has 3 aromatic carbocycles. The highest BCUT2D eigenvalue weighted by Gasteiger charge is 2.48. The van der Waals surface area contributed by atoms with Crippen LogP contribution in [-0.2, 0) is 16.0 Å². The third-order valence-corrected chi connectivity index (χ3v) is 8.08. The lowest BCUT2D eigenvalue weighted by Gasteiger charge is -2.23. The number of amides is 1. The summed E-state index contributed by atoms with van der Waals surface area (Å²) in [4.78, 5) is 33.1. The number of anilines is 1. The number of aliphatic hydroxyl groups is 1. The molecular weight excluding hydrogens is 536 g/mol. The zero-order valence-electron chi connectivity index (χ0n) is 21.3. The van der Waals surface area contributed by atoms with Crippen LogP contribution in [0, 0.1) is 0 Å². The fraction of sp³-hybridized carbons (Fsp3) is 0.233. The van der Waals surface area contributed by atoms with E-state index in [-0.39, 0.29) is 17.4 Å². The molecule has 2 atom stereocenters. The van der Waals surface area contributed by atoms with Crippen LogP contribution in [0.4, 0.5) is 5.13 Å². The normalized spacial score (nSPS) is 19.9. The number of Topliss-reactive ketones (excluding diaryl/α,β-unsaturated/α-hetero) is 1. The predicted molar refractivity (Wildman–Crippen MR) is 152 cm³/mol. The zero-order valence-corrected chi connectivity index (χ0v) is 22.9. The third kappa shape index (κ3) is 4.53. The Morgan fingerprint density at radius 3 is 2.72 bits per heavy atom. The van der Waals surface area contributed by atoms with Crippen LogP contribution in [0.25, 0.3) is 16.0 Å². The van der Waals surface area contributed by atoms with Crippen LogP contribution in [0.2, 0.25) is 5.02 Å². The molecule has 39 heavy (non-hydrogen) atoms. The molecule has 0 radical (unpaired) electrons. The van der Waals surface area contributed by atoms with Gasteiger partial charge in [-0.1, -0.05) is 42.0 Å². The van der Waals surface area contributed by atoms with Crippen LogP contribution < -0.4 is 14.4 Å². The molecule has 0 aliphatic carbocycles. The van der Waals surface area contributed by atoms with Gasteiger partial charge in [-0.05, 0) is 73.0 Å². The van der Waals surface area contributed by atoms with E-state index in [0.29, 0.717) is 45.6 Å². The van der Waals surface area contributed by atoms with Gasteiger partial charge in [0, 0.05) is 17.0 Å². The van der Waals surface area contributed by atoms with E-state index in [1.807, 2.05) is 32.0 Å². The molecule has 9 heteroatoms. The van der Waals surface area contributed by atoms with Gasteiger partial charge in [0.25, 0.3) is 5.78 Å². The van der Waals surface area contributed by atoms with Crippen molar-refractivity contribution >= 4 is 55.7 Å². The number of nitrogens with zero attached hydrogens (tertiary/aromatic N) is 2. The smallest absolute Gasteiger partial charge is 0.301 e. The van der Waals surface area contributed by atoms with E-state index in [1.165, 1.54) is 16.2 Å². The Bertz CT molecular complexity index is 1650. The molecule has 2 aliphatic rings. The minimum absolute atomic E-state index is 0.00595. The first-order valence-corrected chi connectivity index (χ1v) is 13.9. The molecule has 1 amide bonds. The molecule has 6 rings (SSSR count). The number of aromatic nitrogens is 1. The largest absolute Gasteiger partial charge is 0.507 e. The van der Waals surface area contributed by atoms with E-state index >= 15 is 0 Å². The van der Waals surface area contributed by atoms with Crippen molar-refractivity contribution in [1.82, 2.24) is 4.98 Å². The van der Waals surface area contributed by atoms with Crippen molar-refractivity contribution < 1.29 is 24.2 Å². The van der Waals surface area contributed by atoms with E-state index in [2.05, 4.69) is 4.98 Å². The summed E-state index contributed by atoms with van der Waals surface area (Å²) in [6.45, 7) is 4.58. The van der Waals surface area contributed by atoms with Crippen LogP contribution in [-0.4, -0.2) is 34.5 Å². The van der Waals surface area contributed by atoms with Gasteiger partial charge in [-0.3, -0.25) is 14.5 Å². The molecule has 3 heterocycles. The number of thiazole rings is 1. The second-order valence-corrected chi connectivity index (χ2v) is 11.1. The van der Waals surface area contributed by atoms with E-state index in [9.17, 15) is 14.7 Å². The topological polar surface area (TPSA) is 89.0 Å². The number of ketones is 1. The number of hydrogen-bond acceptors (Lipinski definition) is 7. The van der Waals surface area contributed by atoms with Gasteiger partial charge in [-0.25, -0.2) is 4.98 Å². The van der Waals surface area contributed by atoms with E-state index in [1.54, 1.807) is 42.5 Å². The number of hydrogen-bond donors (Lipinski definition) is 1. The Morgan fingerprint density at radius 1 is 1.15 bits per heavy atom. The zero-order chi connectivity index (χ0) is 27.3. The molecule has 1 aromatic heterocycles. The maximum atomic E-state index is 13.5. The number of carbonyl (C=O) groups excluding carboxylic acids is 2. The first kappa shape index (κ1) is 25.4. The van der Waals surface area contributed by atoms with Crippen molar-refractivity contribution in [2.45, 2.75) is 38.8 Å². The lowest BCUT2D eigenvalue weighted by atomic mass is 9.94. The standard InChI is InChI=1S/C30H25ClN2O5S/c1-3-12-37-21-8-4-17(5-9-21)26-25(27(34)18-6-11-23-19(14-18)13-16(2)38-23)28(35)29(36)33(26)30-32-22-10-7-20(31)15-24(22)39-30/h4-11,14-16,26,34H,3,12-13H2,1-2H3/b27-25-. The van der Waals surface area contributed by atoms with E-state index in [0.717, 1.165) is 22.4 Å². The van der Waals surface area contributed by atoms with Crippen LogP contribution in [0.5, 0.6) is 11.5 Å². The van der Waals surface area contributed by atoms with Crippen molar-refractivity contribution in [3.05, 3.63) is 87.9 Å². The number of benzene rings is 3. The SMILES string of the molecule is CCCOc1ccc(C2/C(=C(/O)c3ccc4c(c3)CC(C)O4)C(=O)C(=O)N2c2nc3ccc(Cl)cc3s2)cc1. The molecule has 1 saturated heterocycles. The van der Waals surface area contributed by atoms with Gasteiger partial charge in [0.1, 0.15) is 23.4 Å². The monoisotopic (exact) mass is 560 g/mol. The van der Waals surface area contributed by atoms with Crippen molar-refractivity contribution in [1.29, 1.82) is 0 Å². The summed E-state index contributed by atoms with van der Waals surface area (Å²) in [7, 11) is 0. The molecule has 0 saturated carbocycles. The van der Waals surface area contributed by atoms with E-state index < -0.39 is 17.7 Å². The summed E-state index contributed by atoms with van der Waals surface area (Å²) in [6.07, 6.45) is 1.60. The Labute approximate surface area is 234 Å². The highest BCUT2D eigenvalue weighted by molar-refractivity contribution is 7.22. The average Bonchev–Trinajstić information content (AvgIpc) is 3.59. The molecule has 0 spiro atoms. The highest BCUT2D eigenvalue weighted by atomic mass is 35.5. The fourth-order valence-electron chi connectivity index (χ4n) is 5.03. The number of rotatable bonds is 6. The molecule has 0 bridgehead atoms. The Kier molecular flexibility index (Phi) is 6.53. The Morgan fingerprint density at radius 2 is 1.95 bits per heavy atom. The molecular formula is C30H25ClN2O5S. The summed E-state index contributed by atoms with van der Waals surface area (Å²) in [5, 5.41) is 12.4. The predicted octanol–water partition coefficient (Wildman–Crippen LogP) is 6.69. The summed E-state index contributed by atoms with van der Waals surface area (Å²) in [5.41, 5.74) is 2.71. The van der Waals surface area contributed by atoms with Gasteiger partial charge in [0.2, 0.25) is 0 Å². The van der Waals surface area contributed by atoms with Crippen LogP contribution >= 0.6 is 22.9 Å². The first-order chi connectivity index (χ1) is 18.8. The van der Waals surface area contributed by atoms with Crippen molar-refractivity contribution in [3.63, 3.8) is 0 Å². The molecule has 2 unspecified atom stereocenters. The van der Waals surface area contributed by atoms with E-state index in [4.69, 9.17) is 21.1 Å². The minimum Gasteiger partial charge on any atom is -0.507 e. The number of aliphatic hydroxyl groups excluding tert-OH is 1. The molecule has 2 aliphatic heterocycles. The molecule has 1 N–H and O–H groups in total. The fourth-order valence-corrected chi connectivity index (χ4v) is 6.29. The quantitative estimate of drug-likeness (QED) is 0.161. The second kappa shape index (κ2) is 10.0. The maximum Gasteiger partial charge on any atom is 0.301 e. The van der Waals surface area contributed by atoms with Crippen molar-refractivity contribution in [3.8, 4) is 11.5 Å². The van der Waals surface area contributed by atoms with Gasteiger partial charge in [0.05, 0.1) is 28.4 Å². The Hall–Kier alpha value is -3.88. The summed E-state index contributed by atoms with van der Waals surface area (Å²) in [6, 6.07) is 16.9. The third-order valence-electron chi connectivity index (χ3n) is 6.83. The number of fused-ring (bicyclic) bond motifs is 2. The lowest BCUT2D eigenvalue weighted by molar-refractivity contribution is -0.132. The summed E-state index contributed by atoms with van der Waals surface area (Å²) in [5.74, 6) is -0.326. The lowest BCUT2D eigenvalue weighted by Crippen LogP contribution is -2.29. The van der Waals surface area contributed by atoms with Crippen LogP contribution in [0.1, 0.15) is 43.0 Å². The van der Waals surface area contributed by atoms with Gasteiger partial charge in [-0.2, -0.15) is 0 Å². The van der Waals surface area contributed by atoms with Gasteiger partial charge >= 0.3 is 5.91 Å². The Balaban J connectivity index is 1.49. The maximum absolute atomic E-state index is 13.5. The van der Waals surface area contributed by atoms with Gasteiger partial charge < -0.3 is 14.6 Å². The molecule has 198 valence electrons. The van der Waals surface area contributed by atoms with Crippen molar-refractivity contribution in [2.24, 2.45) is 0 Å². The molecule has 1 fully saturated rings. The molecule has 7 nitrogen and oxygen atoms in total. The minimum atomic E-state index is -0.885. The first-order valence-electron chi connectivity index (χ1n) is 12.7. The highest BCUT2D eigenvalue weighted by Crippen LogP contribution is 2.45. The number of carbonyl (C=O) groups is 2. The average molecular weight is 561 g/mol. The number of ether oxygens (including phenoxy) is 2. The summed E-state index contributed by atoms with van der Waals surface area (Å²) < 4.78 is 12.3. The second-order valence-electron chi connectivity index (χ2n) is 9.65. The van der Waals surface area contributed by atoms with Crippen molar-refractivity contribution in [2.75, 3.05) is 11.5 Å². The van der Waals surface area contributed by atoms with Gasteiger partial charge in [-0.15, -0.1) is 0 Å². The van der Waals surface area contributed by atoms with Crippen LogP contribution in [0.3, 0.4) is 0 Å². The molecule has 4 aromatic rings. The van der Waals surface area contributed by atoms with Gasteiger partial charge in [0.15, 0.2) is 5.13 Å². The number of halogens is 1. The van der Waals surface area contributed by atoms with Crippen LogP contribution in [0.15, 0.2) is 66.2 Å². The summed E-state index contributed by atoms with van der Waals surface area (Å²) >= 11 is 7.44.